The summed E-state index contributed by atoms with van der Waals surface area (Å²) < 4.78 is 24.2. The second kappa shape index (κ2) is 5.74. The van der Waals surface area contributed by atoms with Gasteiger partial charge in [-0.1, -0.05) is 0 Å². The molecule has 7 nitrogen and oxygen atoms in total. The lowest BCUT2D eigenvalue weighted by Crippen LogP contribution is -2.42. The lowest BCUT2D eigenvalue weighted by atomic mass is 10.1. The molecule has 10 heteroatoms. The number of nitrogens with one attached hydrogen (secondary N) is 1. The Balaban J connectivity index is 1.96. The fourth-order valence-corrected chi connectivity index (χ4v) is 3.14. The van der Waals surface area contributed by atoms with Gasteiger partial charge in [0.2, 0.25) is 26.5 Å². The summed E-state index contributed by atoms with van der Waals surface area (Å²) in [5.41, 5.74) is 0. The van der Waals surface area contributed by atoms with Gasteiger partial charge < -0.3 is 5.32 Å². The number of nitrogens with zero attached hydrogens (tertiary/aromatic N) is 4. The molecule has 1 aromatic rings. The van der Waals surface area contributed by atoms with Gasteiger partial charge in [-0.15, -0.1) is 0 Å². The molecular weight excluding hydrogens is 313 g/mol. The van der Waals surface area contributed by atoms with E-state index in [1.807, 2.05) is 0 Å². The number of sulfonamides is 1. The Kier molecular flexibility index (Phi) is 4.44. The lowest BCUT2D eigenvalue weighted by Gasteiger charge is -2.30. The highest BCUT2D eigenvalue weighted by atomic mass is 35.5. The van der Waals surface area contributed by atoms with E-state index in [4.69, 9.17) is 23.2 Å². The Morgan fingerprint density at radius 2 is 1.68 bits per heavy atom. The van der Waals surface area contributed by atoms with Crippen LogP contribution in [0.3, 0.4) is 0 Å². The summed E-state index contributed by atoms with van der Waals surface area (Å²) in [4.78, 5) is 11.5. The molecule has 0 spiro atoms. The minimum Gasteiger partial charge on any atom is -0.351 e. The number of anilines is 1. The van der Waals surface area contributed by atoms with Crippen molar-refractivity contribution in [2.24, 2.45) is 0 Å². The molecule has 1 saturated heterocycles. The van der Waals surface area contributed by atoms with E-state index >= 15 is 0 Å². The molecule has 1 N–H and O–H groups in total. The van der Waals surface area contributed by atoms with Gasteiger partial charge in [0.15, 0.2) is 0 Å². The Bertz CT molecular complexity index is 539. The first-order chi connectivity index (χ1) is 8.84. The predicted octanol–water partition coefficient (Wildman–Crippen LogP) is 1.01. The monoisotopic (exact) mass is 325 g/mol. The van der Waals surface area contributed by atoms with Crippen LogP contribution in [0.2, 0.25) is 10.6 Å². The van der Waals surface area contributed by atoms with Crippen molar-refractivity contribution in [3.05, 3.63) is 10.6 Å². The van der Waals surface area contributed by atoms with E-state index in [0.717, 1.165) is 0 Å². The summed E-state index contributed by atoms with van der Waals surface area (Å²) in [5.74, 6) is 0.308. The van der Waals surface area contributed by atoms with E-state index in [2.05, 4.69) is 20.3 Å². The second-order valence-corrected chi connectivity index (χ2v) is 6.94. The van der Waals surface area contributed by atoms with Crippen molar-refractivity contribution in [1.29, 1.82) is 0 Å². The first-order valence-corrected chi connectivity index (χ1v) is 8.24. The number of hydrogen-bond acceptors (Lipinski definition) is 6. The van der Waals surface area contributed by atoms with Gasteiger partial charge in [0.25, 0.3) is 0 Å². The average molecular weight is 326 g/mol. The third kappa shape index (κ3) is 4.13. The maximum Gasteiger partial charge on any atom is 0.228 e. The Morgan fingerprint density at radius 3 is 2.16 bits per heavy atom. The van der Waals surface area contributed by atoms with Gasteiger partial charge >= 0.3 is 0 Å². The summed E-state index contributed by atoms with van der Waals surface area (Å²) in [6, 6.07) is 0.0903. The number of hydrogen-bond donors (Lipinski definition) is 1. The van der Waals surface area contributed by atoms with Crippen LogP contribution in [-0.4, -0.2) is 53.1 Å². The molecule has 0 amide bonds. The quantitative estimate of drug-likeness (QED) is 0.892. The van der Waals surface area contributed by atoms with Crippen LogP contribution in [0.1, 0.15) is 12.8 Å². The fourth-order valence-electron chi connectivity index (χ4n) is 1.90. The molecular formula is C9H13Cl2N5O2S. The number of piperidine rings is 1. The summed E-state index contributed by atoms with van der Waals surface area (Å²) >= 11 is 11.4. The van der Waals surface area contributed by atoms with Crippen LogP contribution in [0.15, 0.2) is 0 Å². The van der Waals surface area contributed by atoms with Crippen molar-refractivity contribution in [3.8, 4) is 0 Å². The van der Waals surface area contributed by atoms with E-state index in [0.29, 0.717) is 31.9 Å². The lowest BCUT2D eigenvalue weighted by molar-refractivity contribution is 0.331. The van der Waals surface area contributed by atoms with E-state index in [9.17, 15) is 8.42 Å². The van der Waals surface area contributed by atoms with Crippen molar-refractivity contribution in [2.75, 3.05) is 24.7 Å². The normalized spacial score (nSPS) is 18.5. The first-order valence-electron chi connectivity index (χ1n) is 5.63. The molecule has 0 saturated carbocycles. The van der Waals surface area contributed by atoms with Crippen LogP contribution < -0.4 is 5.32 Å². The summed E-state index contributed by atoms with van der Waals surface area (Å²) in [6.45, 7) is 0.950. The SMILES string of the molecule is CS(=O)(=O)N1CCC(Nc2nc(Cl)nc(Cl)n2)CC1. The van der Waals surface area contributed by atoms with Gasteiger partial charge in [0, 0.05) is 19.1 Å². The number of halogens is 2. The zero-order chi connectivity index (χ0) is 14.0. The van der Waals surface area contributed by atoms with Crippen LogP contribution in [0.4, 0.5) is 5.95 Å². The maximum atomic E-state index is 11.4. The topological polar surface area (TPSA) is 88.1 Å². The Morgan fingerprint density at radius 1 is 1.16 bits per heavy atom. The molecule has 0 aliphatic carbocycles. The van der Waals surface area contributed by atoms with Gasteiger partial charge in [-0.05, 0) is 36.0 Å². The zero-order valence-corrected chi connectivity index (χ0v) is 12.5. The van der Waals surface area contributed by atoms with Gasteiger partial charge in [-0.2, -0.15) is 15.0 Å². The summed E-state index contributed by atoms with van der Waals surface area (Å²) in [6.07, 6.45) is 2.56. The molecule has 0 atom stereocenters. The van der Waals surface area contributed by atoms with E-state index in [-0.39, 0.29) is 16.6 Å². The van der Waals surface area contributed by atoms with Crippen LogP contribution >= 0.6 is 23.2 Å². The minimum atomic E-state index is -3.11. The highest BCUT2D eigenvalue weighted by Crippen LogP contribution is 2.17. The Hall–Kier alpha value is -0.700. The van der Waals surface area contributed by atoms with Gasteiger partial charge in [0.1, 0.15) is 0 Å². The highest BCUT2D eigenvalue weighted by molar-refractivity contribution is 7.88. The fraction of sp³-hybridized carbons (Fsp3) is 0.667. The molecule has 0 bridgehead atoms. The summed E-state index contributed by atoms with van der Waals surface area (Å²) in [5, 5.41) is 3.13. The van der Waals surface area contributed by atoms with Crippen LogP contribution in [-0.2, 0) is 10.0 Å². The maximum absolute atomic E-state index is 11.4. The molecule has 1 aliphatic rings. The molecule has 106 valence electrons. The zero-order valence-electron chi connectivity index (χ0n) is 10.2. The molecule has 2 heterocycles. The molecule has 0 radical (unpaired) electrons. The number of rotatable bonds is 3. The largest absolute Gasteiger partial charge is 0.351 e. The van der Waals surface area contributed by atoms with Crippen molar-refractivity contribution in [3.63, 3.8) is 0 Å². The van der Waals surface area contributed by atoms with Gasteiger partial charge in [-0.3, -0.25) is 0 Å². The highest BCUT2D eigenvalue weighted by Gasteiger charge is 2.25. The third-order valence-corrected chi connectivity index (χ3v) is 4.48. The van der Waals surface area contributed by atoms with Gasteiger partial charge in [0.05, 0.1) is 6.26 Å². The standard InChI is InChI=1S/C9H13Cl2N5O2S/c1-19(17,18)16-4-2-6(3-5-16)12-9-14-7(10)13-8(11)15-9/h6H,2-5H2,1H3,(H,12,13,14,15). The van der Waals surface area contributed by atoms with E-state index in [1.54, 1.807) is 0 Å². The molecule has 0 unspecified atom stereocenters. The van der Waals surface area contributed by atoms with E-state index < -0.39 is 10.0 Å². The smallest absolute Gasteiger partial charge is 0.228 e. The van der Waals surface area contributed by atoms with Crippen LogP contribution in [0, 0.1) is 0 Å². The van der Waals surface area contributed by atoms with Gasteiger partial charge in [-0.25, -0.2) is 12.7 Å². The second-order valence-electron chi connectivity index (χ2n) is 4.28. The third-order valence-electron chi connectivity index (χ3n) is 2.84. The molecule has 1 aliphatic heterocycles. The summed E-state index contributed by atoms with van der Waals surface area (Å²) in [7, 11) is -3.11. The van der Waals surface area contributed by atoms with Crippen LogP contribution in [0.5, 0.6) is 0 Å². The average Bonchev–Trinajstić information content (AvgIpc) is 2.26. The molecule has 2 rings (SSSR count). The van der Waals surface area contributed by atoms with Crippen molar-refractivity contribution >= 4 is 39.2 Å². The molecule has 19 heavy (non-hydrogen) atoms. The minimum absolute atomic E-state index is 0.0241. The first kappa shape index (κ1) is 14.7. The molecule has 0 aromatic carbocycles. The molecule has 1 fully saturated rings. The van der Waals surface area contributed by atoms with Crippen LogP contribution in [0.25, 0.3) is 0 Å². The number of aromatic nitrogens is 3. The Labute approximate surface area is 121 Å². The van der Waals surface area contributed by atoms with Crippen molar-refractivity contribution in [1.82, 2.24) is 19.3 Å². The van der Waals surface area contributed by atoms with Crippen molar-refractivity contribution in [2.45, 2.75) is 18.9 Å². The molecule has 1 aromatic heterocycles. The van der Waals surface area contributed by atoms with Crippen molar-refractivity contribution < 1.29 is 8.42 Å². The predicted molar refractivity (Wildman–Crippen MR) is 72.9 cm³/mol. The van der Waals surface area contributed by atoms with E-state index in [1.165, 1.54) is 10.6 Å².